The maximum absolute atomic E-state index is 13.8. The topological polar surface area (TPSA) is 81.2 Å². The average molecular weight is 308 g/mol. The zero-order chi connectivity index (χ0) is 15.0. The number of aromatic nitrogens is 2. The van der Waals surface area contributed by atoms with E-state index in [4.69, 9.17) is 16.8 Å². The van der Waals surface area contributed by atoms with Gasteiger partial charge in [0.05, 0.1) is 11.0 Å². The number of halogens is 2. The molecule has 2 aromatic carbocycles. The molecular weight excluding hydrogens is 297 g/mol. The summed E-state index contributed by atoms with van der Waals surface area (Å²) in [5.74, 6) is -0.129. The molecule has 5 nitrogen and oxygen atoms in total. The zero-order valence-corrected chi connectivity index (χ0v) is 11.4. The highest BCUT2D eigenvalue weighted by atomic mass is 35.5. The van der Waals surface area contributed by atoms with Crippen molar-refractivity contribution in [2.75, 3.05) is 0 Å². The Balaban J connectivity index is 2.12. The van der Waals surface area contributed by atoms with E-state index in [9.17, 15) is 9.50 Å². The number of nitrogens with one attached hydrogen (secondary N) is 2. The summed E-state index contributed by atoms with van der Waals surface area (Å²) in [7, 11) is 0. The van der Waals surface area contributed by atoms with E-state index in [-0.39, 0.29) is 5.56 Å². The number of fused-ring (bicyclic) bond motifs is 1. The number of benzene rings is 2. The van der Waals surface area contributed by atoms with Crippen LogP contribution in [0.1, 0.15) is 11.8 Å². The second-order valence-corrected chi connectivity index (χ2v) is 4.95. The molecule has 0 saturated carbocycles. The van der Waals surface area contributed by atoms with Gasteiger partial charge in [0.15, 0.2) is 6.23 Å². The number of aromatic amines is 1. The lowest BCUT2D eigenvalue weighted by Crippen LogP contribution is -2.17. The number of aliphatic hydroxyl groups is 1. The Labute approximate surface area is 124 Å². The van der Waals surface area contributed by atoms with Crippen molar-refractivity contribution >= 4 is 22.6 Å². The minimum Gasteiger partial charge on any atom is -0.372 e. The van der Waals surface area contributed by atoms with Gasteiger partial charge in [-0.25, -0.2) is 9.37 Å². The minimum atomic E-state index is -1.51. The first-order valence-electron chi connectivity index (χ1n) is 6.11. The van der Waals surface area contributed by atoms with Crippen molar-refractivity contribution in [1.29, 1.82) is 0 Å². The molecule has 4 N–H and O–H groups in total. The molecule has 1 aromatic heterocycles. The molecule has 1 heterocycles. The van der Waals surface area contributed by atoms with Crippen LogP contribution >= 0.6 is 11.6 Å². The largest absolute Gasteiger partial charge is 0.372 e. The van der Waals surface area contributed by atoms with Crippen LogP contribution in [-0.4, -0.2) is 20.3 Å². The summed E-state index contributed by atoms with van der Waals surface area (Å²) in [6.45, 7) is 0. The van der Waals surface area contributed by atoms with Crippen molar-refractivity contribution in [3.63, 3.8) is 0 Å². The Kier molecular flexibility index (Phi) is 3.60. The maximum Gasteiger partial charge on any atom is 0.155 e. The molecule has 0 spiro atoms. The fraction of sp³-hybridized carbons (Fsp3) is 0.0714. The number of imidazole rings is 1. The normalized spacial score (nSPS) is 12.8. The number of hydrogen-bond acceptors (Lipinski definition) is 4. The van der Waals surface area contributed by atoms with Gasteiger partial charge in [-0.05, 0) is 18.2 Å². The van der Waals surface area contributed by atoms with Crippen LogP contribution in [0, 0.1) is 5.82 Å². The van der Waals surface area contributed by atoms with Crippen LogP contribution < -0.4 is 5.48 Å². The number of H-pyrrole nitrogens is 1. The molecule has 3 aromatic rings. The molecule has 0 amide bonds. The van der Waals surface area contributed by atoms with E-state index < -0.39 is 12.0 Å². The van der Waals surface area contributed by atoms with Gasteiger partial charge in [0.2, 0.25) is 0 Å². The number of hydrogen-bond donors (Lipinski definition) is 4. The Morgan fingerprint density at radius 1 is 1.29 bits per heavy atom. The lowest BCUT2D eigenvalue weighted by molar-refractivity contribution is -0.00124. The van der Waals surface area contributed by atoms with Gasteiger partial charge in [-0.2, -0.15) is 5.48 Å². The van der Waals surface area contributed by atoms with E-state index in [1.807, 2.05) is 6.07 Å². The highest BCUT2D eigenvalue weighted by Crippen LogP contribution is 2.26. The minimum absolute atomic E-state index is 0.0775. The highest BCUT2D eigenvalue weighted by Gasteiger charge is 2.15. The Bertz CT molecular complexity index is 806. The van der Waals surface area contributed by atoms with Crippen LogP contribution in [0.2, 0.25) is 5.02 Å². The van der Waals surface area contributed by atoms with E-state index in [2.05, 4.69) is 9.97 Å². The van der Waals surface area contributed by atoms with E-state index in [1.165, 1.54) is 12.1 Å². The van der Waals surface area contributed by atoms with Gasteiger partial charge in [-0.1, -0.05) is 23.7 Å². The predicted octanol–water partition coefficient (Wildman–Crippen LogP) is 2.99. The quantitative estimate of drug-likeness (QED) is 0.443. The first-order chi connectivity index (χ1) is 10.1. The van der Waals surface area contributed by atoms with Crippen molar-refractivity contribution in [3.05, 3.63) is 52.8 Å². The fourth-order valence-electron chi connectivity index (χ4n) is 2.10. The van der Waals surface area contributed by atoms with E-state index in [0.717, 1.165) is 5.56 Å². The van der Waals surface area contributed by atoms with E-state index in [1.54, 1.807) is 23.7 Å². The molecule has 21 heavy (non-hydrogen) atoms. The molecule has 0 fully saturated rings. The maximum atomic E-state index is 13.8. The third-order valence-electron chi connectivity index (χ3n) is 3.12. The second kappa shape index (κ2) is 5.42. The summed E-state index contributed by atoms with van der Waals surface area (Å²) in [5.41, 5.74) is 3.24. The van der Waals surface area contributed by atoms with Crippen molar-refractivity contribution in [1.82, 2.24) is 15.4 Å². The zero-order valence-electron chi connectivity index (χ0n) is 10.6. The lowest BCUT2D eigenvalue weighted by Gasteiger charge is -2.08. The van der Waals surface area contributed by atoms with Crippen LogP contribution in [0.15, 0.2) is 36.4 Å². The number of nitrogens with zero attached hydrogens (tertiary/aromatic N) is 1. The summed E-state index contributed by atoms with van der Waals surface area (Å²) in [5, 5.41) is 18.7. The Morgan fingerprint density at radius 3 is 2.81 bits per heavy atom. The molecule has 0 aliphatic heterocycles. The van der Waals surface area contributed by atoms with Crippen molar-refractivity contribution in [2.45, 2.75) is 6.23 Å². The molecule has 7 heteroatoms. The predicted molar refractivity (Wildman–Crippen MR) is 76.4 cm³/mol. The fourth-order valence-corrected chi connectivity index (χ4v) is 2.29. The third kappa shape index (κ3) is 2.62. The Morgan fingerprint density at radius 2 is 2.10 bits per heavy atom. The second-order valence-electron chi connectivity index (χ2n) is 4.52. The van der Waals surface area contributed by atoms with Crippen LogP contribution in [0.25, 0.3) is 22.4 Å². The standard InChI is InChI=1S/C14H11ClFN3O2/c15-8-3-1-2-7(4-8)13-17-11-5-9(14(20)19-21)10(16)6-12(11)18-13/h1-6,14,19-21H,(H,17,18). The van der Waals surface area contributed by atoms with Crippen molar-refractivity contribution in [2.24, 2.45) is 0 Å². The molecule has 0 radical (unpaired) electrons. The number of aliphatic hydroxyl groups excluding tert-OH is 1. The van der Waals surface area contributed by atoms with Gasteiger partial charge in [-0.3, -0.25) is 0 Å². The van der Waals surface area contributed by atoms with Gasteiger partial charge >= 0.3 is 0 Å². The molecule has 3 rings (SSSR count). The molecule has 0 saturated heterocycles. The van der Waals surface area contributed by atoms with Crippen LogP contribution in [0.3, 0.4) is 0 Å². The molecule has 1 unspecified atom stereocenters. The van der Waals surface area contributed by atoms with E-state index >= 15 is 0 Å². The SMILES string of the molecule is ONC(O)c1cc2[nH]c(-c3cccc(Cl)c3)nc2cc1F. The third-order valence-corrected chi connectivity index (χ3v) is 3.35. The van der Waals surface area contributed by atoms with Gasteiger partial charge in [0.1, 0.15) is 11.6 Å². The van der Waals surface area contributed by atoms with Gasteiger partial charge < -0.3 is 15.3 Å². The summed E-state index contributed by atoms with van der Waals surface area (Å²) in [6.07, 6.45) is -1.51. The molecule has 0 bridgehead atoms. The smallest absolute Gasteiger partial charge is 0.155 e. The van der Waals surface area contributed by atoms with Crippen molar-refractivity contribution < 1.29 is 14.7 Å². The average Bonchev–Trinajstić information content (AvgIpc) is 2.88. The molecule has 108 valence electrons. The molecule has 1 atom stereocenters. The van der Waals surface area contributed by atoms with Gasteiger partial charge in [-0.15, -0.1) is 0 Å². The highest BCUT2D eigenvalue weighted by molar-refractivity contribution is 6.30. The lowest BCUT2D eigenvalue weighted by atomic mass is 10.1. The van der Waals surface area contributed by atoms with Gasteiger partial charge in [0, 0.05) is 22.2 Å². The summed E-state index contributed by atoms with van der Waals surface area (Å²) in [6, 6.07) is 9.67. The molecular formula is C14H11ClFN3O2. The first kappa shape index (κ1) is 14.0. The van der Waals surface area contributed by atoms with Gasteiger partial charge in [0.25, 0.3) is 0 Å². The summed E-state index contributed by atoms with van der Waals surface area (Å²) < 4.78 is 13.8. The first-order valence-corrected chi connectivity index (χ1v) is 6.49. The number of hydroxylamine groups is 1. The van der Waals surface area contributed by atoms with Crippen LogP contribution in [0.4, 0.5) is 4.39 Å². The summed E-state index contributed by atoms with van der Waals surface area (Å²) >= 11 is 5.93. The van der Waals surface area contributed by atoms with E-state index in [0.29, 0.717) is 21.9 Å². The number of rotatable bonds is 3. The van der Waals surface area contributed by atoms with Crippen molar-refractivity contribution in [3.8, 4) is 11.4 Å². The summed E-state index contributed by atoms with van der Waals surface area (Å²) in [4.78, 5) is 7.32. The van der Waals surface area contributed by atoms with Crippen LogP contribution in [0.5, 0.6) is 0 Å². The van der Waals surface area contributed by atoms with Crippen LogP contribution in [-0.2, 0) is 0 Å². The molecule has 0 aliphatic rings. The Hall–Kier alpha value is -1.99. The molecule has 0 aliphatic carbocycles. The monoisotopic (exact) mass is 307 g/mol.